The molecule has 218 valence electrons. The van der Waals surface area contributed by atoms with Crippen LogP contribution in [0.15, 0.2) is 58.1 Å². The van der Waals surface area contributed by atoms with Crippen LogP contribution in [0.1, 0.15) is 27.0 Å². The number of thioether (sulfide) groups is 2. The Morgan fingerprint density at radius 2 is 1.88 bits per heavy atom. The summed E-state index contributed by atoms with van der Waals surface area (Å²) in [4.78, 5) is 53.2. The van der Waals surface area contributed by atoms with E-state index in [1.807, 2.05) is 6.92 Å². The molecule has 5 rings (SSSR count). The first-order valence-electron chi connectivity index (χ1n) is 12.4. The van der Waals surface area contributed by atoms with E-state index in [0.29, 0.717) is 32.7 Å². The van der Waals surface area contributed by atoms with Crippen molar-refractivity contribution in [1.82, 2.24) is 25.7 Å². The maximum absolute atomic E-state index is 13.5. The number of β-lactam (4-membered cyclic amide) rings is 1. The van der Waals surface area contributed by atoms with Gasteiger partial charge in [-0.3, -0.25) is 19.3 Å². The van der Waals surface area contributed by atoms with Crippen LogP contribution in [0.5, 0.6) is 5.75 Å². The molecule has 3 heterocycles. The number of amides is 3. The molecular weight excluding hydrogens is 603 g/mol. The third kappa shape index (κ3) is 5.86. The van der Waals surface area contributed by atoms with Crippen LogP contribution < -0.4 is 22.1 Å². The average Bonchev–Trinajstić information content (AvgIpc) is 3.39. The SMILES string of the molecule is Cc1nnc(SCC2=C(C(=O)O)N3C(=O)C(NC(=O)C(NC(=O)c4ccc(N)c(N)c4)c4ccc(O)cc4)[C@H]3SC2)s1. The summed E-state index contributed by atoms with van der Waals surface area (Å²) >= 11 is 4.08. The molecular formula is C26H25N7O6S3. The number of phenols is 1. The molecule has 2 aliphatic heterocycles. The van der Waals surface area contributed by atoms with Crippen LogP contribution in [0.4, 0.5) is 11.4 Å². The van der Waals surface area contributed by atoms with Crippen molar-refractivity contribution < 1.29 is 29.4 Å². The van der Waals surface area contributed by atoms with Crippen LogP contribution in [0, 0.1) is 6.92 Å². The maximum atomic E-state index is 13.5. The topological polar surface area (TPSA) is 214 Å². The molecule has 0 spiro atoms. The molecule has 13 nitrogen and oxygen atoms in total. The molecule has 1 fully saturated rings. The van der Waals surface area contributed by atoms with Crippen molar-refractivity contribution in [1.29, 1.82) is 0 Å². The molecule has 3 aromatic rings. The van der Waals surface area contributed by atoms with E-state index in [0.717, 1.165) is 5.01 Å². The lowest BCUT2D eigenvalue weighted by Gasteiger charge is -2.49. The Morgan fingerprint density at radius 3 is 2.52 bits per heavy atom. The highest BCUT2D eigenvalue weighted by Crippen LogP contribution is 2.42. The number of aromatic nitrogens is 2. The zero-order chi connectivity index (χ0) is 30.1. The fraction of sp³-hybridized carbons (Fsp3) is 0.231. The van der Waals surface area contributed by atoms with Crippen LogP contribution >= 0.6 is 34.9 Å². The molecule has 3 atom stereocenters. The van der Waals surface area contributed by atoms with Gasteiger partial charge in [-0.2, -0.15) is 0 Å². The fourth-order valence-electron chi connectivity index (χ4n) is 4.41. The van der Waals surface area contributed by atoms with E-state index in [2.05, 4.69) is 20.8 Å². The highest BCUT2D eigenvalue weighted by atomic mass is 32.2. The predicted molar refractivity (Wildman–Crippen MR) is 159 cm³/mol. The minimum absolute atomic E-state index is 0.0397. The van der Waals surface area contributed by atoms with Crippen molar-refractivity contribution in [2.75, 3.05) is 23.0 Å². The van der Waals surface area contributed by atoms with Gasteiger partial charge < -0.3 is 32.3 Å². The minimum Gasteiger partial charge on any atom is -0.508 e. The Hall–Kier alpha value is -4.28. The van der Waals surface area contributed by atoms with Gasteiger partial charge >= 0.3 is 5.97 Å². The van der Waals surface area contributed by atoms with E-state index >= 15 is 0 Å². The number of phenolic OH excluding ortho intramolecular Hbond substituents is 1. The number of aryl methyl sites for hydroxylation is 1. The summed E-state index contributed by atoms with van der Waals surface area (Å²) in [5.74, 6) is -2.50. The molecule has 0 saturated carbocycles. The largest absolute Gasteiger partial charge is 0.508 e. The molecule has 8 N–H and O–H groups in total. The van der Waals surface area contributed by atoms with Crippen LogP contribution in [-0.2, 0) is 14.4 Å². The molecule has 0 radical (unpaired) electrons. The fourth-order valence-corrected chi connectivity index (χ4v) is 7.71. The van der Waals surface area contributed by atoms with E-state index in [9.17, 15) is 29.4 Å². The standard InChI is InChI=1S/C26H25N7O6S3/c1-11-31-32-26(42-11)41-10-14-9-40-24-19(23(37)33(24)20(14)25(38)39)30-22(36)18(12-2-5-15(34)6-3-12)29-21(35)13-4-7-16(27)17(28)8-13/h2-8,18-19,24,34H,9-10,27-28H2,1H3,(H,29,35)(H,30,36)(H,38,39)/t18?,19?,24-/m1/s1. The lowest BCUT2D eigenvalue weighted by Crippen LogP contribution is -2.71. The average molecular weight is 628 g/mol. The maximum Gasteiger partial charge on any atom is 0.352 e. The number of carboxylic acids is 1. The van der Waals surface area contributed by atoms with Crippen molar-refractivity contribution >= 4 is 69.9 Å². The van der Waals surface area contributed by atoms with Crippen molar-refractivity contribution in [2.45, 2.75) is 28.7 Å². The zero-order valence-corrected chi connectivity index (χ0v) is 24.4. The second kappa shape index (κ2) is 11.9. The summed E-state index contributed by atoms with van der Waals surface area (Å²) in [5, 5.41) is 33.2. The Morgan fingerprint density at radius 1 is 1.14 bits per heavy atom. The Balaban J connectivity index is 1.33. The Labute approximate surface area is 251 Å². The number of nitrogens with two attached hydrogens (primary N) is 2. The van der Waals surface area contributed by atoms with E-state index in [-0.39, 0.29) is 22.7 Å². The summed E-state index contributed by atoms with van der Waals surface area (Å²) in [6.45, 7) is 1.82. The quantitative estimate of drug-likeness (QED) is 0.114. The number of nitrogen functional groups attached to an aromatic ring is 2. The second-order valence-electron chi connectivity index (χ2n) is 9.37. The van der Waals surface area contributed by atoms with Crippen LogP contribution in [0.2, 0.25) is 0 Å². The van der Waals surface area contributed by atoms with Crippen molar-refractivity contribution in [3.8, 4) is 5.75 Å². The summed E-state index contributed by atoms with van der Waals surface area (Å²) in [7, 11) is 0. The van der Waals surface area contributed by atoms with Gasteiger partial charge in [-0.25, -0.2) is 4.79 Å². The van der Waals surface area contributed by atoms with Gasteiger partial charge in [0.25, 0.3) is 11.8 Å². The number of fused-ring (bicyclic) bond motifs is 1. The first-order valence-corrected chi connectivity index (χ1v) is 15.3. The van der Waals surface area contributed by atoms with E-state index in [4.69, 9.17) is 11.5 Å². The van der Waals surface area contributed by atoms with Crippen molar-refractivity contribution in [3.63, 3.8) is 0 Å². The number of benzene rings is 2. The molecule has 0 aliphatic carbocycles. The highest BCUT2D eigenvalue weighted by molar-refractivity contribution is 8.01. The van der Waals surface area contributed by atoms with Crippen LogP contribution in [-0.4, -0.2) is 71.9 Å². The number of aliphatic carboxylic acids is 1. The van der Waals surface area contributed by atoms with Gasteiger partial charge in [0, 0.05) is 17.1 Å². The molecule has 2 aliphatic rings. The highest BCUT2D eigenvalue weighted by Gasteiger charge is 2.54. The number of nitrogens with one attached hydrogen (secondary N) is 2. The molecule has 2 unspecified atom stereocenters. The molecule has 1 saturated heterocycles. The Bertz CT molecular complexity index is 1610. The van der Waals surface area contributed by atoms with E-state index in [1.54, 1.807) is 0 Å². The lowest BCUT2D eigenvalue weighted by molar-refractivity contribution is -0.151. The lowest BCUT2D eigenvalue weighted by atomic mass is 10.0. The smallest absolute Gasteiger partial charge is 0.352 e. The number of carboxylic acid groups (broad SMARTS) is 1. The summed E-state index contributed by atoms with van der Waals surface area (Å²) in [6.07, 6.45) is 0. The van der Waals surface area contributed by atoms with Gasteiger partial charge in [-0.05, 0) is 48.4 Å². The number of carbonyl (C=O) groups excluding carboxylic acids is 3. The first-order chi connectivity index (χ1) is 20.0. The zero-order valence-electron chi connectivity index (χ0n) is 21.9. The predicted octanol–water partition coefficient (Wildman–Crippen LogP) is 1.72. The Kier molecular flexibility index (Phi) is 8.29. The van der Waals surface area contributed by atoms with Gasteiger partial charge in [0.2, 0.25) is 5.91 Å². The molecule has 2 aromatic carbocycles. The number of carbonyl (C=O) groups is 4. The molecule has 1 aromatic heterocycles. The molecule has 42 heavy (non-hydrogen) atoms. The van der Waals surface area contributed by atoms with Crippen LogP contribution in [0.3, 0.4) is 0 Å². The summed E-state index contributed by atoms with van der Waals surface area (Å²) in [6, 6.07) is 7.71. The molecule has 16 heteroatoms. The molecule has 3 amide bonds. The van der Waals surface area contributed by atoms with Crippen molar-refractivity contribution in [2.24, 2.45) is 0 Å². The summed E-state index contributed by atoms with van der Waals surface area (Å²) < 4.78 is 0.695. The van der Waals surface area contributed by atoms with Crippen LogP contribution in [0.25, 0.3) is 0 Å². The summed E-state index contributed by atoms with van der Waals surface area (Å²) in [5.41, 5.74) is 13.0. The third-order valence-corrected chi connectivity index (χ3v) is 9.94. The van der Waals surface area contributed by atoms with E-state index in [1.165, 1.54) is 82.2 Å². The van der Waals surface area contributed by atoms with Gasteiger partial charge in [0.05, 0.1) is 11.4 Å². The first kappa shape index (κ1) is 29.2. The number of hydrogen-bond donors (Lipinski definition) is 6. The van der Waals surface area contributed by atoms with Gasteiger partial charge in [-0.1, -0.05) is 35.2 Å². The third-order valence-electron chi connectivity index (χ3n) is 6.54. The van der Waals surface area contributed by atoms with E-state index < -0.39 is 41.1 Å². The number of anilines is 2. The monoisotopic (exact) mass is 627 g/mol. The number of nitrogens with zero attached hydrogens (tertiary/aromatic N) is 3. The number of hydrogen-bond acceptors (Lipinski definition) is 12. The number of aromatic hydroxyl groups is 1. The van der Waals surface area contributed by atoms with Gasteiger partial charge in [0.1, 0.15) is 33.9 Å². The normalized spacial score (nSPS) is 18.6. The van der Waals surface area contributed by atoms with Gasteiger partial charge in [-0.15, -0.1) is 22.0 Å². The molecule has 0 bridgehead atoms. The van der Waals surface area contributed by atoms with Gasteiger partial charge in [0.15, 0.2) is 4.34 Å². The number of rotatable bonds is 9. The second-order valence-corrected chi connectivity index (χ2v) is 12.9. The minimum atomic E-state index is -1.25. The van der Waals surface area contributed by atoms with Crippen molar-refractivity contribution in [3.05, 3.63) is 69.9 Å².